The minimum Gasteiger partial charge on any atom is -0.479 e. The molecule has 1 heterocycles. The Balaban J connectivity index is 1.71. The summed E-state index contributed by atoms with van der Waals surface area (Å²) in [6, 6.07) is 9.11. The Labute approximate surface area is 242 Å². The van der Waals surface area contributed by atoms with Gasteiger partial charge in [0.25, 0.3) is 5.91 Å². The highest BCUT2D eigenvalue weighted by Gasteiger charge is 2.59. The summed E-state index contributed by atoms with van der Waals surface area (Å²) in [6.07, 6.45) is -5.31. The van der Waals surface area contributed by atoms with Crippen LogP contribution in [0.15, 0.2) is 48.5 Å². The highest BCUT2D eigenvalue weighted by atomic mass is 35.5. The van der Waals surface area contributed by atoms with Crippen molar-refractivity contribution in [1.29, 1.82) is 0 Å². The van der Waals surface area contributed by atoms with E-state index in [0.29, 0.717) is 17.2 Å². The molecule has 42 heavy (non-hydrogen) atoms. The number of nitrogens with zero attached hydrogens (tertiary/aromatic N) is 1. The molecule has 0 saturated carbocycles. The van der Waals surface area contributed by atoms with Crippen LogP contribution in [0.2, 0.25) is 5.02 Å². The molecule has 1 aliphatic rings. The third kappa shape index (κ3) is 5.73. The maximum atomic E-state index is 14.9. The van der Waals surface area contributed by atoms with E-state index in [1.165, 1.54) is 37.4 Å². The number of alkyl halides is 3. The SMILES string of the molecule is CCOC(=O)COc1cc(-c2ccc([C@H](C)[C@](O)(c3cc(F)c4c(c3)N(C)C(=O)CO4)C(F)(F)F)c(Cl)c2)ccc1F. The van der Waals surface area contributed by atoms with E-state index in [0.717, 1.165) is 24.0 Å². The quantitative estimate of drug-likeness (QED) is 0.243. The molecule has 0 fully saturated rings. The number of hydrogen-bond acceptors (Lipinski definition) is 6. The van der Waals surface area contributed by atoms with E-state index in [-0.39, 0.29) is 28.6 Å². The first-order valence-corrected chi connectivity index (χ1v) is 13.0. The lowest BCUT2D eigenvalue weighted by atomic mass is 9.77. The molecule has 7 nitrogen and oxygen atoms in total. The van der Waals surface area contributed by atoms with Crippen LogP contribution >= 0.6 is 11.6 Å². The number of esters is 1. The van der Waals surface area contributed by atoms with E-state index in [4.69, 9.17) is 25.8 Å². The van der Waals surface area contributed by atoms with Crippen molar-refractivity contribution in [3.63, 3.8) is 0 Å². The van der Waals surface area contributed by atoms with Crippen LogP contribution in [0, 0.1) is 11.6 Å². The fourth-order valence-electron chi connectivity index (χ4n) is 4.63. The van der Waals surface area contributed by atoms with Crippen molar-refractivity contribution >= 4 is 29.2 Å². The van der Waals surface area contributed by atoms with E-state index in [1.807, 2.05) is 0 Å². The predicted octanol–water partition coefficient (Wildman–Crippen LogP) is 6.14. The largest absolute Gasteiger partial charge is 0.479 e. The number of fused-ring (bicyclic) bond motifs is 1. The van der Waals surface area contributed by atoms with Gasteiger partial charge in [-0.2, -0.15) is 13.2 Å². The number of amides is 1. The number of aliphatic hydroxyl groups is 1. The number of likely N-dealkylation sites (N-methyl/N-ethyl adjacent to an activating group) is 1. The van der Waals surface area contributed by atoms with Crippen LogP contribution in [0.25, 0.3) is 11.1 Å². The van der Waals surface area contributed by atoms with Gasteiger partial charge in [0.1, 0.15) is 0 Å². The summed E-state index contributed by atoms with van der Waals surface area (Å²) in [5.41, 5.74) is -4.16. The highest BCUT2D eigenvalue weighted by molar-refractivity contribution is 6.31. The number of ether oxygens (including phenoxy) is 3. The highest BCUT2D eigenvalue weighted by Crippen LogP contribution is 2.52. The molecule has 0 unspecified atom stereocenters. The van der Waals surface area contributed by atoms with Gasteiger partial charge in [-0.15, -0.1) is 0 Å². The lowest BCUT2D eigenvalue weighted by molar-refractivity contribution is -0.274. The smallest absolute Gasteiger partial charge is 0.422 e. The number of hydrogen-bond donors (Lipinski definition) is 1. The van der Waals surface area contributed by atoms with Gasteiger partial charge in [0.05, 0.1) is 12.3 Å². The Morgan fingerprint density at radius 3 is 2.40 bits per heavy atom. The van der Waals surface area contributed by atoms with Crippen LogP contribution in [0.3, 0.4) is 0 Å². The first kappa shape index (κ1) is 31.0. The molecule has 3 aromatic carbocycles. The minimum absolute atomic E-state index is 0.115. The zero-order valence-corrected chi connectivity index (χ0v) is 23.3. The standard InChI is InChI=1S/C29H25ClF5NO6/c1-4-40-26(38)14-41-24-10-17(6-8-21(24)31)16-5-7-19(20(30)9-16)15(2)28(39,29(33,34)35)18-11-22(32)27-23(12-18)36(3)25(37)13-42-27/h5-12,15,39H,4,13-14H2,1-3H3/t15-,28-/m0/s1. The van der Waals surface area contributed by atoms with Gasteiger partial charge in [0, 0.05) is 18.0 Å². The van der Waals surface area contributed by atoms with Crippen LogP contribution in [0.4, 0.5) is 27.6 Å². The molecule has 1 aliphatic heterocycles. The van der Waals surface area contributed by atoms with Gasteiger partial charge in [0.15, 0.2) is 41.9 Å². The van der Waals surface area contributed by atoms with Gasteiger partial charge in [-0.3, -0.25) is 4.79 Å². The molecule has 0 aliphatic carbocycles. The number of carbonyl (C=O) groups is 2. The lowest BCUT2D eigenvalue weighted by Gasteiger charge is -2.38. The number of halogens is 6. The Hall–Kier alpha value is -3.90. The van der Waals surface area contributed by atoms with Crippen molar-refractivity contribution in [3.05, 3.63) is 76.3 Å². The summed E-state index contributed by atoms with van der Waals surface area (Å²) in [5.74, 6) is -5.70. The van der Waals surface area contributed by atoms with E-state index in [1.54, 1.807) is 6.92 Å². The van der Waals surface area contributed by atoms with Crippen molar-refractivity contribution in [2.24, 2.45) is 0 Å². The van der Waals surface area contributed by atoms with Gasteiger partial charge in [-0.25, -0.2) is 13.6 Å². The van der Waals surface area contributed by atoms with Gasteiger partial charge >= 0.3 is 12.1 Å². The zero-order chi connectivity index (χ0) is 31.0. The van der Waals surface area contributed by atoms with Crippen molar-refractivity contribution < 1.29 is 50.9 Å². The van der Waals surface area contributed by atoms with Gasteiger partial charge in [-0.05, 0) is 59.5 Å². The van der Waals surface area contributed by atoms with Crippen molar-refractivity contribution in [1.82, 2.24) is 0 Å². The maximum Gasteiger partial charge on any atom is 0.422 e. The zero-order valence-electron chi connectivity index (χ0n) is 22.5. The normalized spacial score (nSPS) is 15.4. The maximum absolute atomic E-state index is 14.9. The van der Waals surface area contributed by atoms with Crippen molar-refractivity contribution in [2.45, 2.75) is 31.5 Å². The van der Waals surface area contributed by atoms with Gasteiger partial charge < -0.3 is 24.2 Å². The monoisotopic (exact) mass is 613 g/mol. The fraction of sp³-hybridized carbons (Fsp3) is 0.310. The van der Waals surface area contributed by atoms with Crippen LogP contribution in [-0.2, 0) is 19.9 Å². The molecule has 3 aromatic rings. The summed E-state index contributed by atoms with van der Waals surface area (Å²) in [7, 11) is 1.25. The van der Waals surface area contributed by atoms with Crippen LogP contribution in [0.1, 0.15) is 30.9 Å². The summed E-state index contributed by atoms with van der Waals surface area (Å²) in [4.78, 5) is 24.6. The third-order valence-corrected chi connectivity index (χ3v) is 7.31. The average Bonchev–Trinajstić information content (AvgIpc) is 2.93. The van der Waals surface area contributed by atoms with Gasteiger partial charge in [0.2, 0.25) is 0 Å². The summed E-state index contributed by atoms with van der Waals surface area (Å²) >= 11 is 6.42. The number of anilines is 1. The molecule has 2 atom stereocenters. The molecular weight excluding hydrogens is 589 g/mol. The topological polar surface area (TPSA) is 85.3 Å². The van der Waals surface area contributed by atoms with Gasteiger partial charge in [-0.1, -0.05) is 36.7 Å². The lowest BCUT2D eigenvalue weighted by Crippen LogP contribution is -2.47. The summed E-state index contributed by atoms with van der Waals surface area (Å²) < 4.78 is 87.9. The molecule has 13 heteroatoms. The second-order valence-electron chi connectivity index (χ2n) is 9.51. The summed E-state index contributed by atoms with van der Waals surface area (Å²) in [5, 5.41) is 11.1. The van der Waals surface area contributed by atoms with Crippen molar-refractivity contribution in [2.75, 3.05) is 31.8 Å². The molecule has 4 rings (SSSR count). The van der Waals surface area contributed by atoms with E-state index < -0.39 is 65.7 Å². The van der Waals surface area contributed by atoms with Crippen LogP contribution < -0.4 is 14.4 Å². The van der Waals surface area contributed by atoms with E-state index in [2.05, 4.69) is 0 Å². The number of benzene rings is 3. The second kappa shape index (κ2) is 11.8. The summed E-state index contributed by atoms with van der Waals surface area (Å²) in [6.45, 7) is 1.76. The molecule has 0 aromatic heterocycles. The molecule has 0 radical (unpaired) electrons. The van der Waals surface area contributed by atoms with E-state index >= 15 is 0 Å². The first-order valence-electron chi connectivity index (χ1n) is 12.6. The first-order chi connectivity index (χ1) is 19.7. The minimum atomic E-state index is -5.31. The predicted molar refractivity (Wildman–Crippen MR) is 143 cm³/mol. The second-order valence-corrected chi connectivity index (χ2v) is 9.92. The molecule has 1 N–H and O–H groups in total. The third-order valence-electron chi connectivity index (χ3n) is 6.98. The number of rotatable bonds is 8. The molecule has 0 bridgehead atoms. The Morgan fingerprint density at radius 1 is 1.10 bits per heavy atom. The molecule has 0 spiro atoms. The molecular formula is C29H25ClF5NO6. The average molecular weight is 614 g/mol. The Bertz CT molecular complexity index is 1530. The van der Waals surface area contributed by atoms with Crippen LogP contribution in [0.5, 0.6) is 11.5 Å². The Kier molecular flexibility index (Phi) is 8.70. The fourth-order valence-corrected chi connectivity index (χ4v) is 4.98. The molecule has 224 valence electrons. The van der Waals surface area contributed by atoms with Crippen LogP contribution in [-0.4, -0.2) is 50.0 Å². The van der Waals surface area contributed by atoms with Crippen molar-refractivity contribution in [3.8, 4) is 22.6 Å². The molecule has 1 amide bonds. The number of carbonyl (C=O) groups excluding carboxylic acids is 2. The Morgan fingerprint density at radius 2 is 1.76 bits per heavy atom. The van der Waals surface area contributed by atoms with E-state index in [9.17, 15) is 36.6 Å². The molecule has 0 saturated heterocycles.